The molecule has 0 heterocycles. The first-order valence-electron chi connectivity index (χ1n) is 15.1. The van der Waals surface area contributed by atoms with E-state index in [9.17, 15) is 24.9 Å². The van der Waals surface area contributed by atoms with Gasteiger partial charge in [0.25, 0.3) is 0 Å². The lowest BCUT2D eigenvalue weighted by Crippen LogP contribution is -2.81. The van der Waals surface area contributed by atoms with Crippen LogP contribution in [0.15, 0.2) is 66.8 Å². The van der Waals surface area contributed by atoms with Crippen LogP contribution in [0.1, 0.15) is 79.1 Å². The van der Waals surface area contributed by atoms with Gasteiger partial charge in [0.05, 0.1) is 29.1 Å². The topological polar surface area (TPSA) is 130 Å². The summed E-state index contributed by atoms with van der Waals surface area (Å²) < 4.78 is 12.4. The third-order valence-corrected chi connectivity index (χ3v) is 12.9. The van der Waals surface area contributed by atoms with Crippen LogP contribution in [0.2, 0.25) is 0 Å². The van der Waals surface area contributed by atoms with Crippen molar-refractivity contribution in [3.8, 4) is 0 Å². The molecule has 240 valence electrons. The lowest BCUT2D eigenvalue weighted by Gasteiger charge is -2.73. The number of rotatable bonds is 4. The predicted octanol–water partition coefficient (Wildman–Crippen LogP) is 4.97. The molecule has 0 aromatic heterocycles. The Labute approximate surface area is 260 Å². The fraction of sp³-hybridized carbons (Fsp3) is 0.583. The van der Waals surface area contributed by atoms with Crippen molar-refractivity contribution in [2.24, 2.45) is 33.5 Å². The van der Waals surface area contributed by atoms with E-state index in [2.05, 4.69) is 19.7 Å². The third-order valence-electron chi connectivity index (χ3n) is 12.9. The molecule has 8 heteroatoms. The predicted molar refractivity (Wildman–Crippen MR) is 166 cm³/mol. The molecule has 3 fully saturated rings. The molecule has 1 aromatic carbocycles. The van der Waals surface area contributed by atoms with Gasteiger partial charge in [-0.15, -0.1) is 0 Å². The van der Waals surface area contributed by atoms with E-state index in [0.717, 1.165) is 0 Å². The van der Waals surface area contributed by atoms with Crippen molar-refractivity contribution in [3.63, 3.8) is 0 Å². The number of aliphatic hydroxyl groups excluding tert-OH is 1. The van der Waals surface area contributed by atoms with Gasteiger partial charge in [-0.3, -0.25) is 9.59 Å². The molecule has 4 rings (SSSR count). The minimum atomic E-state index is -2.07. The van der Waals surface area contributed by atoms with Crippen molar-refractivity contribution < 1.29 is 39.2 Å². The maximum atomic E-state index is 15.2. The fourth-order valence-electron chi connectivity index (χ4n) is 9.03. The van der Waals surface area contributed by atoms with Crippen LogP contribution in [0.3, 0.4) is 0 Å². The number of fused-ring (bicyclic) bond motifs is 3. The van der Waals surface area contributed by atoms with Gasteiger partial charge in [-0.05, 0) is 42.7 Å². The van der Waals surface area contributed by atoms with E-state index in [4.69, 9.17) is 9.47 Å². The number of esters is 2. The van der Waals surface area contributed by atoms with Gasteiger partial charge in [-0.1, -0.05) is 79.5 Å². The summed E-state index contributed by atoms with van der Waals surface area (Å²) in [6.07, 6.45) is -1.88. The number of aliphatic hydroxyl groups is 3. The normalized spacial score (nSPS) is 41.2. The van der Waals surface area contributed by atoms with Gasteiger partial charge in [-0.25, -0.2) is 4.79 Å². The van der Waals surface area contributed by atoms with Crippen LogP contribution < -0.4 is 0 Å². The first kappa shape index (κ1) is 33.8. The Morgan fingerprint density at radius 2 is 1.48 bits per heavy atom. The molecule has 0 amide bonds. The number of carbonyl (C=O) groups excluding carboxylic acids is 3. The molecule has 3 aliphatic carbocycles. The van der Waals surface area contributed by atoms with Crippen LogP contribution >= 0.6 is 0 Å². The maximum absolute atomic E-state index is 15.2. The summed E-state index contributed by atoms with van der Waals surface area (Å²) >= 11 is 0. The molecule has 0 aliphatic heterocycles. The van der Waals surface area contributed by atoms with Crippen molar-refractivity contribution in [2.45, 2.75) is 91.6 Å². The number of Topliss-reactive ketones (excluding diaryl/α,β-unsaturated/α-hetero) is 1. The zero-order valence-electron chi connectivity index (χ0n) is 27.5. The summed E-state index contributed by atoms with van der Waals surface area (Å²) in [5, 5.41) is 36.7. The largest absolute Gasteiger partial charge is 0.456 e. The van der Waals surface area contributed by atoms with Gasteiger partial charge >= 0.3 is 11.9 Å². The number of hydrogen-bond acceptors (Lipinski definition) is 8. The Morgan fingerprint density at radius 1 is 0.932 bits per heavy atom. The summed E-state index contributed by atoms with van der Waals surface area (Å²) in [7, 11) is 0. The Morgan fingerprint density at radius 3 is 1.98 bits per heavy atom. The molecule has 0 spiro atoms. The second kappa shape index (κ2) is 9.96. The molecular weight excluding hydrogens is 560 g/mol. The third kappa shape index (κ3) is 3.83. The number of ketones is 1. The molecule has 0 radical (unpaired) electrons. The summed E-state index contributed by atoms with van der Waals surface area (Å²) in [5.74, 6) is -4.21. The first-order valence-corrected chi connectivity index (χ1v) is 15.1. The average molecular weight is 609 g/mol. The summed E-state index contributed by atoms with van der Waals surface area (Å²) in [6.45, 7) is 27.2. The molecule has 3 aliphatic rings. The van der Waals surface area contributed by atoms with E-state index in [1.807, 2.05) is 13.8 Å². The van der Waals surface area contributed by atoms with E-state index in [1.54, 1.807) is 71.9 Å². The first-order chi connectivity index (χ1) is 20.0. The molecule has 3 saturated carbocycles. The fourth-order valence-corrected chi connectivity index (χ4v) is 9.03. The smallest absolute Gasteiger partial charge is 0.338 e. The molecule has 44 heavy (non-hydrogen) atoms. The number of ether oxygens (including phenoxy) is 2. The van der Waals surface area contributed by atoms with Gasteiger partial charge in [0.1, 0.15) is 17.3 Å². The van der Waals surface area contributed by atoms with E-state index in [0.29, 0.717) is 11.1 Å². The van der Waals surface area contributed by atoms with Gasteiger partial charge in [0.2, 0.25) is 0 Å². The monoisotopic (exact) mass is 608 g/mol. The zero-order valence-corrected chi connectivity index (χ0v) is 27.5. The molecule has 8 nitrogen and oxygen atoms in total. The lowest BCUT2D eigenvalue weighted by atomic mass is 9.33. The number of carbonyl (C=O) groups is 3. The number of allylic oxidation sites excluding steroid dienone is 2. The molecule has 8 atom stereocenters. The molecule has 3 unspecified atom stereocenters. The highest BCUT2D eigenvalue weighted by atomic mass is 16.6. The number of hydrogen-bond donors (Lipinski definition) is 3. The minimum Gasteiger partial charge on any atom is -0.456 e. The van der Waals surface area contributed by atoms with Crippen molar-refractivity contribution in [2.75, 3.05) is 6.61 Å². The van der Waals surface area contributed by atoms with Crippen LogP contribution in [-0.2, 0) is 19.1 Å². The quantitative estimate of drug-likeness (QED) is 0.323. The highest BCUT2D eigenvalue weighted by Gasteiger charge is 2.80. The van der Waals surface area contributed by atoms with Crippen molar-refractivity contribution in [1.29, 1.82) is 0 Å². The Kier molecular flexibility index (Phi) is 7.66. The molecule has 0 saturated heterocycles. The van der Waals surface area contributed by atoms with Crippen molar-refractivity contribution in [3.05, 3.63) is 72.4 Å². The molecule has 2 bridgehead atoms. The highest BCUT2D eigenvalue weighted by molar-refractivity contribution is 6.04. The van der Waals surface area contributed by atoms with Crippen molar-refractivity contribution in [1.82, 2.24) is 0 Å². The van der Waals surface area contributed by atoms with Gasteiger partial charge < -0.3 is 24.8 Å². The second-order valence-electron chi connectivity index (χ2n) is 14.9. The lowest BCUT2D eigenvalue weighted by molar-refractivity contribution is -0.322. The van der Waals surface area contributed by atoms with E-state index < -0.39 is 80.7 Å². The summed E-state index contributed by atoms with van der Waals surface area (Å²) in [5.41, 5.74) is -9.92. The maximum Gasteiger partial charge on any atom is 0.338 e. The van der Waals surface area contributed by atoms with Gasteiger partial charge in [-0.2, -0.15) is 0 Å². The highest BCUT2D eigenvalue weighted by Crippen LogP contribution is 2.74. The van der Waals surface area contributed by atoms with E-state index in [-0.39, 0.29) is 17.6 Å². The van der Waals surface area contributed by atoms with Crippen LogP contribution in [0.25, 0.3) is 0 Å². The SMILES string of the molecule is C=C1C(=C)[C@@]2(C)C(=O)C(=C)[C@@]3(C)C(C)(C)C(C)(O)C[C@@](O)(C(OC(=O)c4ccccc4)C2[C@@](CO)(OC(C)=O)[C@@H]1C)C3(C)C. The Balaban J connectivity index is 2.22. The van der Waals surface area contributed by atoms with Gasteiger partial charge in [0.15, 0.2) is 5.78 Å². The van der Waals surface area contributed by atoms with E-state index >= 15 is 4.79 Å². The van der Waals surface area contributed by atoms with Crippen LogP contribution in [0.5, 0.6) is 0 Å². The van der Waals surface area contributed by atoms with Crippen LogP contribution in [0.4, 0.5) is 0 Å². The standard InChI is InChI=1S/C36H48O8/c1-20-21(2)33(11)26(35(19-37,22(20)3)44-24(5)38)28(43-29(40)25-16-14-13-15-17-25)36(42)18-32(10,41)30(6,7)34(12,31(36,8)9)23(4)27(33)39/h13-17,22,26,28,37,41-42H,1-2,4,18-19H2,3,5-12H3/t22-,26?,28?,32?,33-,34+,35+,36-/m1/s1. The molecule has 1 aromatic rings. The van der Waals surface area contributed by atoms with Crippen LogP contribution in [0, 0.1) is 33.5 Å². The Hall–Kier alpha value is -3.07. The molecule has 3 N–H and O–H groups in total. The van der Waals surface area contributed by atoms with Gasteiger partial charge in [0, 0.05) is 35.5 Å². The minimum absolute atomic E-state index is 0.129. The zero-order chi connectivity index (χ0) is 33.6. The van der Waals surface area contributed by atoms with E-state index in [1.165, 1.54) is 6.92 Å². The second-order valence-corrected chi connectivity index (χ2v) is 14.9. The molecular formula is C36H48O8. The Bertz CT molecular complexity index is 1450. The summed E-state index contributed by atoms with van der Waals surface area (Å²) in [6, 6.07) is 8.20. The van der Waals surface area contributed by atoms with Crippen molar-refractivity contribution >= 4 is 17.7 Å². The van der Waals surface area contributed by atoms with Crippen LogP contribution in [-0.4, -0.2) is 62.6 Å². The number of benzene rings is 1. The average Bonchev–Trinajstić information content (AvgIpc) is 2.95. The summed E-state index contributed by atoms with van der Waals surface area (Å²) in [4.78, 5) is 41.9.